The lowest BCUT2D eigenvalue weighted by atomic mass is 10.0. The van der Waals surface area contributed by atoms with E-state index in [1.54, 1.807) is 0 Å². The van der Waals surface area contributed by atoms with E-state index in [4.69, 9.17) is 0 Å². The van der Waals surface area contributed by atoms with Crippen LogP contribution in [-0.2, 0) is 6.54 Å². The minimum Gasteiger partial charge on any atom is -0.356 e. The third-order valence-corrected chi connectivity index (χ3v) is 5.88. The highest BCUT2D eigenvalue weighted by molar-refractivity contribution is 5.92. The van der Waals surface area contributed by atoms with Gasteiger partial charge in [0.25, 0.3) is 5.91 Å². The Kier molecular flexibility index (Phi) is 5.91. The third kappa shape index (κ3) is 4.90. The van der Waals surface area contributed by atoms with Crippen LogP contribution in [0.15, 0.2) is 42.5 Å². The van der Waals surface area contributed by atoms with Gasteiger partial charge in [0.2, 0.25) is 0 Å². The summed E-state index contributed by atoms with van der Waals surface area (Å²) in [5, 5.41) is 6.71. The van der Waals surface area contributed by atoms with Crippen molar-refractivity contribution in [1.29, 1.82) is 0 Å². The Morgan fingerprint density at radius 3 is 2.61 bits per heavy atom. The van der Waals surface area contributed by atoms with Gasteiger partial charge in [-0.1, -0.05) is 30.3 Å². The quantitative estimate of drug-likeness (QED) is 0.776. The van der Waals surface area contributed by atoms with E-state index in [0.29, 0.717) is 17.7 Å². The van der Waals surface area contributed by atoms with Crippen LogP contribution in [0.25, 0.3) is 0 Å². The standard InChI is InChI=1S/C23H30N4O/c1-17-5-2-3-6-19(17)16-24-20-11-13-27(14-12-20)22-8-4-7-21(26-22)23(28)25-15-18-9-10-18/h2-8,18,20,24H,9-16H2,1H3,(H,25,28). The lowest BCUT2D eigenvalue weighted by molar-refractivity contribution is 0.0947. The van der Waals surface area contributed by atoms with Crippen LogP contribution < -0.4 is 15.5 Å². The molecule has 148 valence electrons. The molecule has 0 spiro atoms. The number of aryl methyl sites for hydroxylation is 1. The molecule has 0 bridgehead atoms. The van der Waals surface area contributed by atoms with Gasteiger partial charge in [0.15, 0.2) is 0 Å². The summed E-state index contributed by atoms with van der Waals surface area (Å²) < 4.78 is 0. The topological polar surface area (TPSA) is 57.3 Å². The molecule has 1 aromatic carbocycles. The number of rotatable bonds is 7. The molecule has 4 rings (SSSR count). The number of amides is 1. The molecule has 5 heteroatoms. The molecule has 5 nitrogen and oxygen atoms in total. The van der Waals surface area contributed by atoms with Crippen LogP contribution in [-0.4, -0.2) is 36.6 Å². The molecule has 0 unspecified atom stereocenters. The maximum atomic E-state index is 12.3. The Bertz CT molecular complexity index is 810. The molecule has 2 fully saturated rings. The molecule has 28 heavy (non-hydrogen) atoms. The van der Waals surface area contributed by atoms with Crippen LogP contribution in [0.3, 0.4) is 0 Å². The number of carbonyl (C=O) groups excluding carboxylic acids is 1. The first-order valence-corrected chi connectivity index (χ1v) is 10.5. The van der Waals surface area contributed by atoms with Crippen molar-refractivity contribution in [2.45, 2.75) is 45.2 Å². The highest BCUT2D eigenvalue weighted by Gasteiger charge is 2.23. The van der Waals surface area contributed by atoms with E-state index in [0.717, 1.165) is 44.8 Å². The van der Waals surface area contributed by atoms with Crippen LogP contribution in [0.2, 0.25) is 0 Å². The number of anilines is 1. The van der Waals surface area contributed by atoms with E-state index in [2.05, 4.69) is 51.7 Å². The average Bonchev–Trinajstić information content (AvgIpc) is 3.56. The van der Waals surface area contributed by atoms with Gasteiger partial charge in [0.05, 0.1) is 0 Å². The van der Waals surface area contributed by atoms with Crippen molar-refractivity contribution >= 4 is 11.7 Å². The number of nitrogens with zero attached hydrogens (tertiary/aromatic N) is 2. The summed E-state index contributed by atoms with van der Waals surface area (Å²) in [5.74, 6) is 1.54. The summed E-state index contributed by atoms with van der Waals surface area (Å²) in [6.45, 7) is 5.80. The van der Waals surface area contributed by atoms with Crippen LogP contribution in [0, 0.1) is 12.8 Å². The molecule has 2 heterocycles. The number of pyridine rings is 1. The fraction of sp³-hybridized carbons (Fsp3) is 0.478. The van der Waals surface area contributed by atoms with Gasteiger partial charge in [-0.15, -0.1) is 0 Å². The zero-order valence-corrected chi connectivity index (χ0v) is 16.7. The van der Waals surface area contributed by atoms with Gasteiger partial charge < -0.3 is 15.5 Å². The molecule has 0 atom stereocenters. The smallest absolute Gasteiger partial charge is 0.269 e. The molecule has 0 radical (unpaired) electrons. The Balaban J connectivity index is 1.28. The Labute approximate surface area is 167 Å². The first kappa shape index (κ1) is 18.9. The van der Waals surface area contributed by atoms with E-state index < -0.39 is 0 Å². The first-order chi connectivity index (χ1) is 13.7. The lowest BCUT2D eigenvalue weighted by Crippen LogP contribution is -2.42. The fourth-order valence-corrected chi connectivity index (χ4v) is 3.75. The molecule has 1 amide bonds. The summed E-state index contributed by atoms with van der Waals surface area (Å²) in [5.41, 5.74) is 3.24. The summed E-state index contributed by atoms with van der Waals surface area (Å²) in [4.78, 5) is 19.2. The van der Waals surface area contributed by atoms with Crippen molar-refractivity contribution in [3.8, 4) is 0 Å². The van der Waals surface area contributed by atoms with Crippen molar-refractivity contribution in [2.24, 2.45) is 5.92 Å². The number of hydrogen-bond donors (Lipinski definition) is 2. The predicted molar refractivity (Wildman–Crippen MR) is 113 cm³/mol. The maximum absolute atomic E-state index is 12.3. The zero-order chi connectivity index (χ0) is 19.3. The monoisotopic (exact) mass is 378 g/mol. The third-order valence-electron chi connectivity index (χ3n) is 5.88. The molecule has 2 N–H and O–H groups in total. The lowest BCUT2D eigenvalue weighted by Gasteiger charge is -2.33. The largest absolute Gasteiger partial charge is 0.356 e. The van der Waals surface area contributed by atoms with Gasteiger partial charge in [-0.2, -0.15) is 0 Å². The minimum absolute atomic E-state index is 0.0523. The van der Waals surface area contributed by atoms with Gasteiger partial charge in [0, 0.05) is 32.2 Å². The zero-order valence-electron chi connectivity index (χ0n) is 16.7. The second kappa shape index (κ2) is 8.74. The van der Waals surface area contributed by atoms with E-state index >= 15 is 0 Å². The summed E-state index contributed by atoms with van der Waals surface area (Å²) in [7, 11) is 0. The Morgan fingerprint density at radius 1 is 1.07 bits per heavy atom. The van der Waals surface area contributed by atoms with Crippen molar-refractivity contribution < 1.29 is 4.79 Å². The first-order valence-electron chi connectivity index (χ1n) is 10.5. The highest BCUT2D eigenvalue weighted by Crippen LogP contribution is 2.27. The second-order valence-corrected chi connectivity index (χ2v) is 8.10. The molecule has 1 saturated heterocycles. The van der Waals surface area contributed by atoms with E-state index in [-0.39, 0.29) is 5.91 Å². The Hall–Kier alpha value is -2.40. The number of aromatic nitrogens is 1. The SMILES string of the molecule is Cc1ccccc1CNC1CCN(c2cccc(C(=O)NCC3CC3)n2)CC1. The summed E-state index contributed by atoms with van der Waals surface area (Å²) in [6.07, 6.45) is 4.65. The molecule has 1 aliphatic carbocycles. The van der Waals surface area contributed by atoms with Gasteiger partial charge >= 0.3 is 0 Å². The van der Waals surface area contributed by atoms with Gasteiger partial charge in [-0.3, -0.25) is 4.79 Å². The van der Waals surface area contributed by atoms with Gasteiger partial charge in [-0.25, -0.2) is 4.98 Å². The van der Waals surface area contributed by atoms with Crippen LogP contribution in [0.5, 0.6) is 0 Å². The van der Waals surface area contributed by atoms with E-state index in [1.165, 1.54) is 24.0 Å². The van der Waals surface area contributed by atoms with Crippen molar-refractivity contribution in [1.82, 2.24) is 15.6 Å². The number of nitrogens with one attached hydrogen (secondary N) is 2. The van der Waals surface area contributed by atoms with Crippen molar-refractivity contribution in [3.05, 3.63) is 59.3 Å². The van der Waals surface area contributed by atoms with Gasteiger partial charge in [-0.05, 0) is 61.8 Å². The van der Waals surface area contributed by atoms with E-state index in [1.807, 2.05) is 18.2 Å². The number of benzene rings is 1. The number of carbonyl (C=O) groups is 1. The fourth-order valence-electron chi connectivity index (χ4n) is 3.75. The molecule has 2 aromatic rings. The molecular formula is C23H30N4O. The van der Waals surface area contributed by atoms with Crippen LogP contribution >= 0.6 is 0 Å². The van der Waals surface area contributed by atoms with Crippen LogP contribution in [0.4, 0.5) is 5.82 Å². The summed E-state index contributed by atoms with van der Waals surface area (Å²) >= 11 is 0. The normalized spacial score (nSPS) is 17.5. The Morgan fingerprint density at radius 2 is 1.86 bits per heavy atom. The summed E-state index contributed by atoms with van der Waals surface area (Å²) in [6, 6.07) is 14.8. The average molecular weight is 379 g/mol. The van der Waals surface area contributed by atoms with E-state index in [9.17, 15) is 4.79 Å². The molecular weight excluding hydrogens is 348 g/mol. The van der Waals surface area contributed by atoms with Crippen LogP contribution in [0.1, 0.15) is 47.3 Å². The minimum atomic E-state index is -0.0523. The van der Waals surface area contributed by atoms with Crippen molar-refractivity contribution in [2.75, 3.05) is 24.5 Å². The predicted octanol–water partition coefficient (Wildman–Crippen LogP) is 3.29. The number of hydrogen-bond acceptors (Lipinski definition) is 4. The second-order valence-electron chi connectivity index (χ2n) is 8.10. The maximum Gasteiger partial charge on any atom is 0.269 e. The molecule has 2 aliphatic rings. The molecule has 1 aromatic heterocycles. The van der Waals surface area contributed by atoms with Crippen molar-refractivity contribution in [3.63, 3.8) is 0 Å². The molecule has 1 aliphatic heterocycles. The highest BCUT2D eigenvalue weighted by atomic mass is 16.1. The number of piperidine rings is 1. The van der Waals surface area contributed by atoms with Gasteiger partial charge in [0.1, 0.15) is 11.5 Å². The molecule has 1 saturated carbocycles.